The number of anilines is 2. The molecule has 29 heavy (non-hydrogen) atoms. The molecule has 3 aromatic carbocycles. The first-order valence-corrected chi connectivity index (χ1v) is 9.93. The molecule has 0 saturated heterocycles. The van der Waals surface area contributed by atoms with E-state index in [0.717, 1.165) is 11.0 Å². The highest BCUT2D eigenvalue weighted by Crippen LogP contribution is 2.29. The second kappa shape index (κ2) is 9.25. The van der Waals surface area contributed by atoms with Crippen molar-refractivity contribution >= 4 is 35.0 Å². The average molecular weight is 410 g/mol. The van der Waals surface area contributed by atoms with Gasteiger partial charge in [0.15, 0.2) is 0 Å². The molecule has 0 bridgehead atoms. The maximum atomic E-state index is 13.4. The number of carbonyl (C=O) groups excluding carboxylic acids is 2. The zero-order valence-corrected chi connectivity index (χ0v) is 16.7. The summed E-state index contributed by atoms with van der Waals surface area (Å²) in [5, 5.41) is 5.49. The average Bonchev–Trinajstić information content (AvgIpc) is 2.74. The first-order chi connectivity index (χ1) is 14.0. The SMILES string of the molecule is COc1ccc(NC(=O)c2ccc(SC)cc2)cc1NC(=O)c1cccc(F)c1. The summed E-state index contributed by atoms with van der Waals surface area (Å²) in [6, 6.07) is 17.5. The van der Waals surface area contributed by atoms with Crippen LogP contribution in [0.2, 0.25) is 0 Å². The fourth-order valence-corrected chi connectivity index (χ4v) is 3.06. The quantitative estimate of drug-likeness (QED) is 0.558. The number of ether oxygens (including phenoxy) is 1. The number of thioether (sulfide) groups is 1. The van der Waals surface area contributed by atoms with E-state index in [0.29, 0.717) is 22.7 Å². The highest BCUT2D eigenvalue weighted by molar-refractivity contribution is 7.98. The molecule has 0 saturated carbocycles. The number of rotatable bonds is 6. The second-order valence-corrected chi connectivity index (χ2v) is 6.94. The van der Waals surface area contributed by atoms with Gasteiger partial charge in [0.05, 0.1) is 12.8 Å². The fourth-order valence-electron chi connectivity index (χ4n) is 2.65. The van der Waals surface area contributed by atoms with Gasteiger partial charge in [-0.05, 0) is 66.9 Å². The van der Waals surface area contributed by atoms with E-state index in [2.05, 4.69) is 10.6 Å². The van der Waals surface area contributed by atoms with E-state index in [1.54, 1.807) is 42.1 Å². The summed E-state index contributed by atoms with van der Waals surface area (Å²) in [5.41, 5.74) is 1.54. The van der Waals surface area contributed by atoms with Crippen molar-refractivity contribution in [3.05, 3.63) is 83.7 Å². The Morgan fingerprint density at radius 3 is 2.28 bits per heavy atom. The second-order valence-electron chi connectivity index (χ2n) is 6.06. The molecular weight excluding hydrogens is 391 g/mol. The molecule has 3 aromatic rings. The molecule has 0 heterocycles. The monoisotopic (exact) mass is 410 g/mol. The van der Waals surface area contributed by atoms with Gasteiger partial charge in [-0.2, -0.15) is 0 Å². The van der Waals surface area contributed by atoms with Crippen LogP contribution in [-0.4, -0.2) is 25.2 Å². The van der Waals surface area contributed by atoms with Crippen LogP contribution in [0, 0.1) is 5.82 Å². The van der Waals surface area contributed by atoms with Crippen molar-refractivity contribution in [2.75, 3.05) is 24.0 Å². The summed E-state index contributed by atoms with van der Waals surface area (Å²) in [4.78, 5) is 26.0. The molecule has 0 aliphatic rings. The molecule has 0 unspecified atom stereocenters. The Balaban J connectivity index is 1.79. The standard InChI is InChI=1S/C22H19FN2O3S/c1-28-20-11-8-17(24-21(26)14-6-9-18(29-2)10-7-14)13-19(20)25-22(27)15-4-3-5-16(23)12-15/h3-13H,1-2H3,(H,24,26)(H,25,27). The summed E-state index contributed by atoms with van der Waals surface area (Å²) in [5.74, 6) is -0.848. The zero-order chi connectivity index (χ0) is 20.8. The third-order valence-corrected chi connectivity index (χ3v) is 4.89. The van der Waals surface area contributed by atoms with Crippen molar-refractivity contribution in [1.82, 2.24) is 0 Å². The lowest BCUT2D eigenvalue weighted by atomic mass is 10.2. The van der Waals surface area contributed by atoms with Crippen LogP contribution in [0.5, 0.6) is 5.75 Å². The van der Waals surface area contributed by atoms with Gasteiger partial charge in [-0.25, -0.2) is 4.39 Å². The van der Waals surface area contributed by atoms with Crippen molar-refractivity contribution in [3.63, 3.8) is 0 Å². The van der Waals surface area contributed by atoms with Gasteiger partial charge in [-0.3, -0.25) is 9.59 Å². The number of methoxy groups -OCH3 is 1. The van der Waals surface area contributed by atoms with Gasteiger partial charge in [0, 0.05) is 21.7 Å². The molecule has 0 radical (unpaired) electrons. The van der Waals surface area contributed by atoms with Crippen molar-refractivity contribution in [3.8, 4) is 5.75 Å². The van der Waals surface area contributed by atoms with Crippen molar-refractivity contribution in [1.29, 1.82) is 0 Å². The molecule has 2 N–H and O–H groups in total. The lowest BCUT2D eigenvalue weighted by Crippen LogP contribution is -2.14. The number of halogens is 1. The van der Waals surface area contributed by atoms with Gasteiger partial charge >= 0.3 is 0 Å². The molecule has 0 fully saturated rings. The topological polar surface area (TPSA) is 67.4 Å². The van der Waals surface area contributed by atoms with Crippen molar-refractivity contribution in [2.24, 2.45) is 0 Å². The number of hydrogen-bond donors (Lipinski definition) is 2. The smallest absolute Gasteiger partial charge is 0.255 e. The van der Waals surface area contributed by atoms with Crippen LogP contribution < -0.4 is 15.4 Å². The molecule has 0 aliphatic carbocycles. The Morgan fingerprint density at radius 2 is 1.62 bits per heavy atom. The van der Waals surface area contributed by atoms with Gasteiger partial charge in [-0.15, -0.1) is 11.8 Å². The number of hydrogen-bond acceptors (Lipinski definition) is 4. The van der Waals surface area contributed by atoms with Crippen LogP contribution >= 0.6 is 11.8 Å². The highest BCUT2D eigenvalue weighted by atomic mass is 32.2. The van der Waals surface area contributed by atoms with Crippen molar-refractivity contribution < 1.29 is 18.7 Å². The molecule has 0 atom stereocenters. The number of benzene rings is 3. The normalized spacial score (nSPS) is 10.3. The zero-order valence-electron chi connectivity index (χ0n) is 15.9. The first kappa shape index (κ1) is 20.4. The van der Waals surface area contributed by atoms with E-state index in [-0.39, 0.29) is 11.5 Å². The van der Waals surface area contributed by atoms with E-state index in [9.17, 15) is 14.0 Å². The van der Waals surface area contributed by atoms with E-state index in [1.807, 2.05) is 18.4 Å². The van der Waals surface area contributed by atoms with E-state index in [1.165, 1.54) is 25.3 Å². The van der Waals surface area contributed by atoms with Gasteiger partial charge in [0.2, 0.25) is 0 Å². The van der Waals surface area contributed by atoms with Gasteiger partial charge in [-0.1, -0.05) is 6.07 Å². The minimum absolute atomic E-state index is 0.176. The third-order valence-electron chi connectivity index (χ3n) is 4.14. The summed E-state index contributed by atoms with van der Waals surface area (Å²) in [6.07, 6.45) is 1.96. The number of nitrogens with one attached hydrogen (secondary N) is 2. The largest absolute Gasteiger partial charge is 0.495 e. The molecule has 2 amide bonds. The summed E-state index contributed by atoms with van der Waals surface area (Å²) in [6.45, 7) is 0. The van der Waals surface area contributed by atoms with E-state index in [4.69, 9.17) is 4.74 Å². The predicted molar refractivity (Wildman–Crippen MR) is 114 cm³/mol. The lowest BCUT2D eigenvalue weighted by molar-refractivity contribution is 0.101. The Labute approximate surface area is 172 Å². The lowest BCUT2D eigenvalue weighted by Gasteiger charge is -2.13. The van der Waals surface area contributed by atoms with Gasteiger partial charge in [0.1, 0.15) is 11.6 Å². The predicted octanol–water partition coefficient (Wildman–Crippen LogP) is 5.06. The number of carbonyl (C=O) groups is 2. The molecule has 0 spiro atoms. The molecule has 0 aliphatic heterocycles. The Kier molecular flexibility index (Phi) is 6.51. The van der Waals surface area contributed by atoms with Crippen LogP contribution in [0.3, 0.4) is 0 Å². The van der Waals surface area contributed by atoms with E-state index >= 15 is 0 Å². The fraction of sp³-hybridized carbons (Fsp3) is 0.0909. The van der Waals surface area contributed by atoms with Crippen LogP contribution in [0.25, 0.3) is 0 Å². The van der Waals surface area contributed by atoms with Gasteiger partial charge < -0.3 is 15.4 Å². The summed E-state index contributed by atoms with van der Waals surface area (Å²) >= 11 is 1.59. The number of amides is 2. The first-order valence-electron chi connectivity index (χ1n) is 8.70. The van der Waals surface area contributed by atoms with Crippen LogP contribution in [0.4, 0.5) is 15.8 Å². The third kappa shape index (κ3) is 5.14. The highest BCUT2D eigenvalue weighted by Gasteiger charge is 2.13. The van der Waals surface area contributed by atoms with Crippen LogP contribution in [0.15, 0.2) is 71.6 Å². The minimum atomic E-state index is -0.502. The van der Waals surface area contributed by atoms with Gasteiger partial charge in [0.25, 0.3) is 11.8 Å². The molecule has 5 nitrogen and oxygen atoms in total. The maximum absolute atomic E-state index is 13.4. The summed E-state index contributed by atoms with van der Waals surface area (Å²) in [7, 11) is 1.47. The van der Waals surface area contributed by atoms with Crippen molar-refractivity contribution in [2.45, 2.75) is 4.90 Å². The molecular formula is C22H19FN2O3S. The Hall–Kier alpha value is -3.32. The van der Waals surface area contributed by atoms with E-state index < -0.39 is 11.7 Å². The molecule has 7 heteroatoms. The molecule has 3 rings (SSSR count). The molecule has 148 valence electrons. The minimum Gasteiger partial charge on any atom is -0.495 e. The Morgan fingerprint density at radius 1 is 0.897 bits per heavy atom. The maximum Gasteiger partial charge on any atom is 0.255 e. The Bertz CT molecular complexity index is 1040. The van der Waals surface area contributed by atoms with Crippen LogP contribution in [-0.2, 0) is 0 Å². The summed E-state index contributed by atoms with van der Waals surface area (Å²) < 4.78 is 18.6. The van der Waals surface area contributed by atoms with Crippen LogP contribution in [0.1, 0.15) is 20.7 Å². The molecule has 0 aromatic heterocycles.